The molecule has 2 aliphatic carbocycles. The Morgan fingerprint density at radius 1 is 0.376 bits per heavy atom. The molecule has 0 saturated heterocycles. The highest BCUT2D eigenvalue weighted by molar-refractivity contribution is 7.00. The van der Waals surface area contributed by atoms with Crippen LogP contribution in [-0.2, 0) is 43.3 Å². The predicted octanol–water partition coefficient (Wildman–Crippen LogP) is 22.6. The van der Waals surface area contributed by atoms with Gasteiger partial charge in [0, 0.05) is 78.8 Å². The minimum Gasteiger partial charge on any atom is -0.313 e. The molecule has 0 unspecified atom stereocenters. The summed E-state index contributed by atoms with van der Waals surface area (Å²) < 4.78 is 2.78. The molecule has 3 heterocycles. The third-order valence-electron chi connectivity index (χ3n) is 22.1. The number of nitrogens with zero attached hydrogens (tertiary/aromatic N) is 4. The molecule has 0 amide bonds. The molecule has 0 saturated carbocycles. The zero-order valence-electron chi connectivity index (χ0n) is 60.0. The van der Waals surface area contributed by atoms with Gasteiger partial charge in [-0.25, -0.2) is 0 Å². The van der Waals surface area contributed by atoms with E-state index in [0.29, 0.717) is 0 Å². The fourth-order valence-electron chi connectivity index (χ4n) is 16.2. The SMILES string of the molecule is Cc1cc2c(cc1N1c3cc(N(c4ccc(C(C)(C)C)cc4)c4ccc(C(C)(C)C)cc4)ccc3B3c4c1cc(N(c1ccc(C(C)(C)C)cc1)c1ccc(C(C)(C)C)cc1)cc4-n1c4c(c5cc(C(C)(C)C)cc3c51)-c1ccccc1C4(C)C)C(C)(C)CCC2(C)C. The summed E-state index contributed by atoms with van der Waals surface area (Å²) >= 11 is 0. The molecule has 0 radical (unpaired) electrons. The molecule has 4 nitrogen and oxygen atoms in total. The van der Waals surface area contributed by atoms with Crippen molar-refractivity contribution in [2.45, 2.75) is 208 Å². The highest BCUT2D eigenvalue weighted by Gasteiger charge is 2.49. The number of hydrogen-bond donors (Lipinski definition) is 0. The molecule has 5 heteroatoms. The monoisotopic (exact) mass is 1220 g/mol. The second-order valence-electron chi connectivity index (χ2n) is 35.2. The number of aromatic nitrogens is 1. The van der Waals surface area contributed by atoms with Gasteiger partial charge in [-0.2, -0.15) is 0 Å². The third kappa shape index (κ3) is 10.1. The van der Waals surface area contributed by atoms with Gasteiger partial charge in [0.25, 0.3) is 6.71 Å². The van der Waals surface area contributed by atoms with Crippen LogP contribution in [0.15, 0.2) is 176 Å². The van der Waals surface area contributed by atoms with Gasteiger partial charge in [-0.05, 0) is 215 Å². The summed E-state index contributed by atoms with van der Waals surface area (Å²) in [4.78, 5) is 7.82. The van der Waals surface area contributed by atoms with Crippen molar-refractivity contribution >= 4 is 85.2 Å². The number of aryl methyl sites for hydroxylation is 1. The topological polar surface area (TPSA) is 14.7 Å². The Morgan fingerprint density at radius 2 is 0.796 bits per heavy atom. The van der Waals surface area contributed by atoms with Crippen LogP contribution in [0.25, 0.3) is 27.7 Å². The average molecular weight is 1220 g/mol. The number of anilines is 9. The van der Waals surface area contributed by atoms with Gasteiger partial charge in [-0.1, -0.05) is 236 Å². The lowest BCUT2D eigenvalue weighted by molar-refractivity contribution is 0.332. The van der Waals surface area contributed by atoms with E-state index in [0.717, 1.165) is 47.0 Å². The van der Waals surface area contributed by atoms with E-state index in [1.165, 1.54) is 117 Å². The maximum Gasteiger partial charge on any atom is 0.252 e. The molecule has 474 valence electrons. The Labute approximate surface area is 558 Å². The highest BCUT2D eigenvalue weighted by atomic mass is 15.2. The molecule has 10 aromatic rings. The number of hydrogen-bond acceptors (Lipinski definition) is 3. The van der Waals surface area contributed by atoms with E-state index >= 15 is 0 Å². The highest BCUT2D eigenvalue weighted by Crippen LogP contribution is 2.57. The van der Waals surface area contributed by atoms with Crippen molar-refractivity contribution in [2.24, 2.45) is 0 Å². The maximum absolute atomic E-state index is 2.78. The van der Waals surface area contributed by atoms with Crippen molar-refractivity contribution < 1.29 is 0 Å². The molecule has 2 aliphatic heterocycles. The zero-order chi connectivity index (χ0) is 66.4. The van der Waals surface area contributed by atoms with E-state index in [-0.39, 0.29) is 50.0 Å². The molecule has 4 aliphatic rings. The van der Waals surface area contributed by atoms with E-state index < -0.39 is 0 Å². The Morgan fingerprint density at radius 3 is 1.27 bits per heavy atom. The van der Waals surface area contributed by atoms with E-state index in [2.05, 4.69) is 348 Å². The smallest absolute Gasteiger partial charge is 0.252 e. The fourth-order valence-corrected chi connectivity index (χ4v) is 16.2. The Kier molecular flexibility index (Phi) is 13.9. The van der Waals surface area contributed by atoms with E-state index in [1.54, 1.807) is 0 Å². The number of benzene rings is 9. The lowest BCUT2D eigenvalue weighted by Crippen LogP contribution is -2.61. The second kappa shape index (κ2) is 20.7. The quantitative estimate of drug-likeness (QED) is 0.148. The van der Waals surface area contributed by atoms with Crippen molar-refractivity contribution in [3.05, 3.63) is 232 Å². The maximum atomic E-state index is 2.78. The van der Waals surface area contributed by atoms with Crippen LogP contribution in [0.2, 0.25) is 0 Å². The second-order valence-corrected chi connectivity index (χ2v) is 35.2. The standard InChI is InChI=1S/C88H99BN4/c1-54-47-69-70(87(19,20)46-45-86(69,17)18)53-73(54)92-74-50-64(90(60-35-27-55(28-36-60)81(2,3)4)61-37-29-56(30-38-61)82(5,6)7)43-44-71(74)89-72-49-59(85(14,15)16)48-67-77-66-25-23-24-26-68(66)88(21,22)80(77)93(79(67)72)76-52-65(51-75(92)78(76)89)91(62-39-31-57(32-40-62)83(8,9)10)63-41-33-58(34-42-63)84(11,12)13/h23-44,47-53H,45-46H2,1-22H3. The van der Waals surface area contributed by atoms with Crippen LogP contribution in [0.4, 0.5) is 51.2 Å². The van der Waals surface area contributed by atoms with Gasteiger partial charge in [0.2, 0.25) is 0 Å². The molecule has 0 bridgehead atoms. The summed E-state index contributed by atoms with van der Waals surface area (Å²) in [6, 6.07) is 70.1. The summed E-state index contributed by atoms with van der Waals surface area (Å²) in [7, 11) is 0. The van der Waals surface area contributed by atoms with Crippen LogP contribution in [0.3, 0.4) is 0 Å². The van der Waals surface area contributed by atoms with Crippen molar-refractivity contribution in [3.8, 4) is 16.8 Å². The van der Waals surface area contributed by atoms with Crippen molar-refractivity contribution in [1.29, 1.82) is 0 Å². The van der Waals surface area contributed by atoms with Gasteiger partial charge in [0.05, 0.1) is 5.69 Å². The first-order valence-electron chi connectivity index (χ1n) is 34.6. The van der Waals surface area contributed by atoms with Crippen LogP contribution in [0.1, 0.15) is 214 Å². The normalized spacial score (nSPS) is 16.0. The Bertz CT molecular complexity index is 4530. The average Bonchev–Trinajstić information content (AvgIpc) is 1.58. The van der Waals surface area contributed by atoms with Crippen LogP contribution >= 0.6 is 0 Å². The van der Waals surface area contributed by atoms with E-state index in [4.69, 9.17) is 0 Å². The molecule has 0 N–H and O–H groups in total. The molecule has 14 rings (SSSR count). The predicted molar refractivity (Wildman–Crippen MR) is 403 cm³/mol. The molecular weight excluding hydrogens is 1120 g/mol. The molecule has 1 aromatic heterocycles. The molecule has 93 heavy (non-hydrogen) atoms. The first-order valence-corrected chi connectivity index (χ1v) is 34.6. The summed E-state index contributed by atoms with van der Waals surface area (Å²) in [5.74, 6) is 0. The fraction of sp³-hybridized carbons (Fsp3) is 0.364. The zero-order valence-corrected chi connectivity index (χ0v) is 60.0. The molecule has 0 fully saturated rings. The molecular formula is C88H99BN4. The first-order chi connectivity index (χ1) is 43.4. The number of fused-ring (bicyclic) bond motifs is 10. The van der Waals surface area contributed by atoms with Crippen molar-refractivity contribution in [1.82, 2.24) is 4.57 Å². The van der Waals surface area contributed by atoms with Gasteiger partial charge in [-0.3, -0.25) is 0 Å². The van der Waals surface area contributed by atoms with Gasteiger partial charge in [0.15, 0.2) is 0 Å². The molecule has 0 spiro atoms. The van der Waals surface area contributed by atoms with E-state index in [9.17, 15) is 0 Å². The first kappa shape index (κ1) is 62.4. The van der Waals surface area contributed by atoms with E-state index in [1.807, 2.05) is 0 Å². The van der Waals surface area contributed by atoms with Crippen LogP contribution < -0.4 is 31.1 Å². The Hall–Kier alpha value is -8.02. The third-order valence-corrected chi connectivity index (χ3v) is 22.1. The summed E-state index contributed by atoms with van der Waals surface area (Å²) in [6.45, 7) is 52.2. The molecule has 0 atom stereocenters. The van der Waals surface area contributed by atoms with Gasteiger partial charge in [-0.15, -0.1) is 0 Å². The summed E-state index contributed by atoms with van der Waals surface area (Å²) in [6.07, 6.45) is 2.27. The lowest BCUT2D eigenvalue weighted by atomic mass is 9.33. The largest absolute Gasteiger partial charge is 0.313 e. The van der Waals surface area contributed by atoms with Crippen molar-refractivity contribution in [3.63, 3.8) is 0 Å². The van der Waals surface area contributed by atoms with Gasteiger partial charge < -0.3 is 19.3 Å². The molecule has 9 aromatic carbocycles. The summed E-state index contributed by atoms with van der Waals surface area (Å²) in [5.41, 5.74) is 32.8. The van der Waals surface area contributed by atoms with Crippen LogP contribution in [0, 0.1) is 6.92 Å². The summed E-state index contributed by atoms with van der Waals surface area (Å²) in [5, 5.41) is 1.34. The van der Waals surface area contributed by atoms with Gasteiger partial charge in [0.1, 0.15) is 0 Å². The Balaban J connectivity index is 1.15. The minimum atomic E-state index is -0.320. The van der Waals surface area contributed by atoms with Crippen LogP contribution in [-0.4, -0.2) is 11.3 Å². The number of rotatable bonds is 7. The minimum absolute atomic E-state index is 0.00182. The van der Waals surface area contributed by atoms with Crippen molar-refractivity contribution in [2.75, 3.05) is 14.7 Å². The van der Waals surface area contributed by atoms with Gasteiger partial charge >= 0.3 is 0 Å². The van der Waals surface area contributed by atoms with Crippen LogP contribution in [0.5, 0.6) is 0 Å². The lowest BCUT2D eigenvalue weighted by Gasteiger charge is -2.45.